The van der Waals surface area contributed by atoms with E-state index < -0.39 is 5.97 Å². The quantitative estimate of drug-likeness (QED) is 0.599. The molecule has 7 heavy (non-hydrogen) atoms. The van der Waals surface area contributed by atoms with Crippen molar-refractivity contribution in [2.75, 3.05) is 5.75 Å². The molecule has 0 aromatic heterocycles. The molecule has 3 heteroatoms. The smallest absolute Gasteiger partial charge is 0.313 e. The van der Waals surface area contributed by atoms with Gasteiger partial charge in [-0.05, 0) is 5.41 Å². The van der Waals surface area contributed by atoms with Gasteiger partial charge < -0.3 is 5.11 Å². The number of rotatable bonds is 3. The number of carbonyl (C=O) groups is 1. The Morgan fingerprint density at radius 2 is 2.57 bits per heavy atom. The van der Waals surface area contributed by atoms with Crippen molar-refractivity contribution in [1.82, 2.24) is 0 Å². The first-order chi connectivity index (χ1) is 3.27. The minimum atomic E-state index is -0.801. The fraction of sp³-hybridized carbons (Fsp3) is 0.250. The molecule has 0 heterocycles. The van der Waals surface area contributed by atoms with Crippen molar-refractivity contribution >= 4 is 17.7 Å². The maximum atomic E-state index is 9.69. The highest BCUT2D eigenvalue weighted by Crippen LogP contribution is 1.96. The van der Waals surface area contributed by atoms with E-state index in [1.54, 1.807) is 0 Å². The number of thioether (sulfide) groups is 1. The molecular weight excluding hydrogens is 112 g/mol. The predicted molar refractivity (Wildman–Crippen MR) is 30.3 cm³/mol. The molecule has 0 aliphatic carbocycles. The third-order valence-electron chi connectivity index (χ3n) is 0.325. The second kappa shape index (κ2) is 3.74. The molecule has 0 spiro atoms. The van der Waals surface area contributed by atoms with Crippen LogP contribution in [0.5, 0.6) is 0 Å². The summed E-state index contributed by atoms with van der Waals surface area (Å²) < 4.78 is 0. The van der Waals surface area contributed by atoms with E-state index in [0.717, 1.165) is 0 Å². The summed E-state index contributed by atoms with van der Waals surface area (Å²) in [5.41, 5.74) is 0. The van der Waals surface area contributed by atoms with Crippen molar-refractivity contribution < 1.29 is 9.90 Å². The Hall–Kier alpha value is -0.440. The van der Waals surface area contributed by atoms with Crippen molar-refractivity contribution in [2.45, 2.75) is 0 Å². The number of carboxylic acid groups (broad SMARTS) is 1. The Labute approximate surface area is 46.2 Å². The van der Waals surface area contributed by atoms with Gasteiger partial charge in [0.1, 0.15) is 0 Å². The molecule has 0 aliphatic heterocycles. The van der Waals surface area contributed by atoms with Gasteiger partial charge in [-0.1, -0.05) is 6.58 Å². The summed E-state index contributed by atoms with van der Waals surface area (Å²) in [6, 6.07) is 0. The third-order valence-corrected chi connectivity index (χ3v) is 0.974. The standard InChI is InChI=1S/C4H6O2S/c1-2-7-3-4(5)6/h2H,1,3H2,(H,5,6). The van der Waals surface area contributed by atoms with E-state index in [1.165, 1.54) is 17.2 Å². The van der Waals surface area contributed by atoms with Crippen molar-refractivity contribution in [3.8, 4) is 0 Å². The third kappa shape index (κ3) is 5.56. The van der Waals surface area contributed by atoms with Crippen LogP contribution in [0.25, 0.3) is 0 Å². The summed E-state index contributed by atoms with van der Waals surface area (Å²) in [6.07, 6.45) is 0. The second-order valence-electron chi connectivity index (χ2n) is 0.871. The van der Waals surface area contributed by atoms with Crippen LogP contribution in [0, 0.1) is 0 Å². The zero-order chi connectivity index (χ0) is 5.70. The van der Waals surface area contributed by atoms with Gasteiger partial charge in [-0.25, -0.2) is 0 Å². The first kappa shape index (κ1) is 6.56. The molecular formula is C4H6O2S. The summed E-state index contributed by atoms with van der Waals surface area (Å²) in [5, 5.41) is 9.48. The summed E-state index contributed by atoms with van der Waals surface area (Å²) in [4.78, 5) is 9.69. The lowest BCUT2D eigenvalue weighted by Gasteiger charge is -1.82. The molecule has 1 N–H and O–H groups in total. The monoisotopic (exact) mass is 118 g/mol. The SMILES string of the molecule is C=CSCC(=O)O. The molecule has 0 rings (SSSR count). The largest absolute Gasteiger partial charge is 0.481 e. The molecule has 0 amide bonds. The predicted octanol–water partition coefficient (Wildman–Crippen LogP) is 0.948. The maximum absolute atomic E-state index is 9.69. The van der Waals surface area contributed by atoms with Crippen LogP contribution < -0.4 is 0 Å². The lowest BCUT2D eigenvalue weighted by molar-refractivity contribution is -0.133. The molecule has 2 nitrogen and oxygen atoms in total. The molecule has 0 fully saturated rings. The molecule has 0 bridgehead atoms. The van der Waals surface area contributed by atoms with E-state index in [1.807, 2.05) is 0 Å². The van der Waals surface area contributed by atoms with Crippen LogP contribution in [-0.2, 0) is 4.79 Å². The van der Waals surface area contributed by atoms with Gasteiger partial charge in [-0.3, -0.25) is 4.79 Å². The Morgan fingerprint density at radius 3 is 2.71 bits per heavy atom. The van der Waals surface area contributed by atoms with Gasteiger partial charge in [0.05, 0.1) is 5.75 Å². The minimum Gasteiger partial charge on any atom is -0.481 e. The summed E-state index contributed by atoms with van der Waals surface area (Å²) in [6.45, 7) is 3.33. The van der Waals surface area contributed by atoms with Crippen molar-refractivity contribution in [1.29, 1.82) is 0 Å². The van der Waals surface area contributed by atoms with Gasteiger partial charge in [0.2, 0.25) is 0 Å². The molecule has 0 atom stereocenters. The minimum absolute atomic E-state index is 0.115. The van der Waals surface area contributed by atoms with Crippen molar-refractivity contribution in [2.24, 2.45) is 0 Å². The molecule has 0 aromatic carbocycles. The van der Waals surface area contributed by atoms with Gasteiger partial charge in [0.25, 0.3) is 0 Å². The first-order valence-electron chi connectivity index (χ1n) is 1.71. The Morgan fingerprint density at radius 1 is 2.00 bits per heavy atom. The van der Waals surface area contributed by atoms with E-state index in [2.05, 4.69) is 6.58 Å². The van der Waals surface area contributed by atoms with Gasteiger partial charge in [-0.15, -0.1) is 11.8 Å². The summed E-state index contributed by atoms with van der Waals surface area (Å²) in [7, 11) is 0. The topological polar surface area (TPSA) is 37.3 Å². The summed E-state index contributed by atoms with van der Waals surface area (Å²) >= 11 is 1.18. The lowest BCUT2D eigenvalue weighted by Crippen LogP contribution is -1.95. The molecule has 0 saturated heterocycles. The number of aliphatic carboxylic acids is 1. The Bertz CT molecular complexity index is 79.8. The highest BCUT2D eigenvalue weighted by atomic mass is 32.2. The van der Waals surface area contributed by atoms with Gasteiger partial charge in [-0.2, -0.15) is 0 Å². The zero-order valence-corrected chi connectivity index (χ0v) is 4.57. The number of hydrogen-bond acceptors (Lipinski definition) is 2. The van der Waals surface area contributed by atoms with E-state index >= 15 is 0 Å². The Kier molecular flexibility index (Phi) is 3.50. The van der Waals surface area contributed by atoms with Crippen LogP contribution in [0.1, 0.15) is 0 Å². The van der Waals surface area contributed by atoms with Crippen LogP contribution in [0.15, 0.2) is 12.0 Å². The second-order valence-corrected chi connectivity index (χ2v) is 1.83. The highest BCUT2D eigenvalue weighted by molar-refractivity contribution is 8.02. The molecule has 0 unspecified atom stereocenters. The number of hydrogen-bond donors (Lipinski definition) is 1. The first-order valence-corrected chi connectivity index (χ1v) is 2.76. The molecule has 0 aromatic rings. The van der Waals surface area contributed by atoms with Crippen LogP contribution in [-0.4, -0.2) is 16.8 Å². The lowest BCUT2D eigenvalue weighted by atomic mass is 10.8. The van der Waals surface area contributed by atoms with Gasteiger partial charge >= 0.3 is 5.97 Å². The molecule has 40 valence electrons. The maximum Gasteiger partial charge on any atom is 0.313 e. The average molecular weight is 118 g/mol. The molecule has 0 radical (unpaired) electrons. The van der Waals surface area contributed by atoms with Crippen LogP contribution in [0.4, 0.5) is 0 Å². The van der Waals surface area contributed by atoms with Crippen molar-refractivity contribution in [3.05, 3.63) is 12.0 Å². The Balaban J connectivity index is 2.97. The van der Waals surface area contributed by atoms with Crippen LogP contribution in [0.3, 0.4) is 0 Å². The fourth-order valence-electron chi connectivity index (χ4n) is 0.130. The van der Waals surface area contributed by atoms with E-state index in [-0.39, 0.29) is 5.75 Å². The number of carboxylic acids is 1. The zero-order valence-electron chi connectivity index (χ0n) is 3.76. The average Bonchev–Trinajstić information content (AvgIpc) is 1.61. The van der Waals surface area contributed by atoms with Gasteiger partial charge in [0.15, 0.2) is 0 Å². The molecule has 0 aliphatic rings. The van der Waals surface area contributed by atoms with Crippen molar-refractivity contribution in [3.63, 3.8) is 0 Å². The van der Waals surface area contributed by atoms with Gasteiger partial charge in [0, 0.05) is 0 Å². The fourth-order valence-corrected chi connectivity index (χ4v) is 0.391. The van der Waals surface area contributed by atoms with Crippen LogP contribution in [0.2, 0.25) is 0 Å². The van der Waals surface area contributed by atoms with E-state index in [0.29, 0.717) is 0 Å². The summed E-state index contributed by atoms with van der Waals surface area (Å²) in [5.74, 6) is -0.686. The normalized spacial score (nSPS) is 8.00. The molecule has 0 saturated carbocycles. The van der Waals surface area contributed by atoms with E-state index in [9.17, 15) is 4.79 Å². The highest BCUT2D eigenvalue weighted by Gasteiger charge is 1.89. The van der Waals surface area contributed by atoms with Crippen LogP contribution >= 0.6 is 11.8 Å². The van der Waals surface area contributed by atoms with E-state index in [4.69, 9.17) is 5.11 Å².